The third-order valence-electron chi connectivity index (χ3n) is 5.65. The second kappa shape index (κ2) is 8.96. The van der Waals surface area contributed by atoms with Gasteiger partial charge < -0.3 is 18.8 Å². The van der Waals surface area contributed by atoms with Crippen LogP contribution in [0.15, 0.2) is 45.6 Å². The first-order valence-corrected chi connectivity index (χ1v) is 11.0. The summed E-state index contributed by atoms with van der Waals surface area (Å²) in [5.41, 5.74) is 2.01. The fourth-order valence-electron chi connectivity index (χ4n) is 4.08. The van der Waals surface area contributed by atoms with Gasteiger partial charge >= 0.3 is 0 Å². The van der Waals surface area contributed by atoms with Crippen molar-refractivity contribution in [2.45, 2.75) is 39.3 Å². The van der Waals surface area contributed by atoms with Crippen molar-refractivity contribution in [1.29, 1.82) is 0 Å². The Hall–Kier alpha value is -2.83. The number of rotatable bonds is 7. The first-order chi connectivity index (χ1) is 15.3. The number of hydrogen-bond donors (Lipinski definition) is 0. The van der Waals surface area contributed by atoms with Crippen molar-refractivity contribution in [2.75, 3.05) is 20.3 Å². The second-order valence-electron chi connectivity index (χ2n) is 8.22. The average Bonchev–Trinajstić information content (AvgIpc) is 3.04. The maximum Gasteiger partial charge on any atom is 0.290 e. The Bertz CT molecular complexity index is 1230. The molecule has 0 spiro atoms. The molecule has 1 unspecified atom stereocenters. The molecule has 2 heterocycles. The van der Waals surface area contributed by atoms with Gasteiger partial charge in [0.2, 0.25) is 5.76 Å². The van der Waals surface area contributed by atoms with Crippen molar-refractivity contribution in [3.05, 3.63) is 74.1 Å². The smallest absolute Gasteiger partial charge is 0.290 e. The lowest BCUT2D eigenvalue weighted by atomic mass is 9.98. The number of nitrogens with zero attached hydrogens (tertiary/aromatic N) is 1. The highest BCUT2D eigenvalue weighted by Crippen LogP contribution is 2.39. The Morgan fingerprint density at radius 3 is 2.69 bits per heavy atom. The molecule has 0 radical (unpaired) electrons. The highest BCUT2D eigenvalue weighted by Gasteiger charge is 2.42. The van der Waals surface area contributed by atoms with Crippen LogP contribution in [0.25, 0.3) is 11.0 Å². The van der Waals surface area contributed by atoms with E-state index in [1.807, 2.05) is 45.0 Å². The maximum absolute atomic E-state index is 13.6. The lowest BCUT2D eigenvalue weighted by molar-refractivity contribution is 0.0593. The van der Waals surface area contributed by atoms with Gasteiger partial charge in [-0.1, -0.05) is 23.7 Å². The first kappa shape index (κ1) is 22.4. The van der Waals surface area contributed by atoms with Gasteiger partial charge in [-0.3, -0.25) is 9.59 Å². The Morgan fingerprint density at radius 2 is 1.97 bits per heavy atom. The largest absolute Gasteiger partial charge is 0.497 e. The zero-order chi connectivity index (χ0) is 23.0. The van der Waals surface area contributed by atoms with Crippen molar-refractivity contribution in [3.8, 4) is 5.75 Å². The molecular weight excluding hydrogens is 430 g/mol. The highest BCUT2D eigenvalue weighted by molar-refractivity contribution is 6.32. The van der Waals surface area contributed by atoms with E-state index in [1.165, 1.54) is 0 Å². The second-order valence-corrected chi connectivity index (χ2v) is 8.63. The summed E-state index contributed by atoms with van der Waals surface area (Å²) in [6.45, 7) is 6.71. The molecule has 3 aromatic rings. The van der Waals surface area contributed by atoms with Crippen LogP contribution in [0.1, 0.15) is 53.6 Å². The van der Waals surface area contributed by atoms with Crippen LogP contribution >= 0.6 is 11.6 Å². The van der Waals surface area contributed by atoms with Crippen LogP contribution < -0.4 is 10.2 Å². The van der Waals surface area contributed by atoms with Gasteiger partial charge in [0.15, 0.2) is 5.43 Å². The van der Waals surface area contributed by atoms with Gasteiger partial charge in [0, 0.05) is 18.2 Å². The summed E-state index contributed by atoms with van der Waals surface area (Å²) in [5, 5.41) is 0.847. The molecule has 0 N–H and O–H groups in total. The van der Waals surface area contributed by atoms with Crippen molar-refractivity contribution in [3.63, 3.8) is 0 Å². The van der Waals surface area contributed by atoms with Gasteiger partial charge in [-0.25, -0.2) is 0 Å². The fourth-order valence-corrected chi connectivity index (χ4v) is 4.25. The molecule has 0 saturated carbocycles. The van der Waals surface area contributed by atoms with Crippen molar-refractivity contribution in [2.24, 2.45) is 0 Å². The molecule has 2 aromatic carbocycles. The summed E-state index contributed by atoms with van der Waals surface area (Å²) in [6, 6.07) is 10.1. The van der Waals surface area contributed by atoms with Crippen LogP contribution in [0.3, 0.4) is 0 Å². The van der Waals surface area contributed by atoms with Crippen LogP contribution in [0.4, 0.5) is 0 Å². The number of ether oxygens (including phenoxy) is 2. The van der Waals surface area contributed by atoms with E-state index in [0.717, 1.165) is 11.1 Å². The van der Waals surface area contributed by atoms with Crippen LogP contribution in [0.5, 0.6) is 5.75 Å². The monoisotopic (exact) mass is 455 g/mol. The minimum atomic E-state index is -0.577. The van der Waals surface area contributed by atoms with E-state index in [-0.39, 0.29) is 23.2 Å². The lowest BCUT2D eigenvalue weighted by Gasteiger charge is -2.25. The van der Waals surface area contributed by atoms with Gasteiger partial charge in [0.25, 0.3) is 5.91 Å². The summed E-state index contributed by atoms with van der Waals surface area (Å²) < 4.78 is 17.0. The van der Waals surface area contributed by atoms with Crippen molar-refractivity contribution in [1.82, 2.24) is 4.90 Å². The van der Waals surface area contributed by atoms with E-state index in [9.17, 15) is 9.59 Å². The van der Waals surface area contributed by atoms with Gasteiger partial charge in [0.05, 0.1) is 30.2 Å². The number of aryl methyl sites for hydroxylation is 1. The van der Waals surface area contributed by atoms with Crippen LogP contribution in [-0.4, -0.2) is 37.2 Å². The zero-order valence-electron chi connectivity index (χ0n) is 18.6. The number of halogens is 1. The highest BCUT2D eigenvalue weighted by atomic mass is 35.5. The number of methoxy groups -OCH3 is 1. The van der Waals surface area contributed by atoms with Gasteiger partial charge in [-0.15, -0.1) is 0 Å². The molecule has 4 rings (SSSR count). The third kappa shape index (κ3) is 4.00. The molecule has 6 nitrogen and oxygen atoms in total. The minimum Gasteiger partial charge on any atom is -0.497 e. The van der Waals surface area contributed by atoms with Crippen molar-refractivity contribution < 1.29 is 18.7 Å². The number of carbonyl (C=O) groups is 1. The Balaban J connectivity index is 1.85. The maximum atomic E-state index is 13.6. The predicted octanol–water partition coefficient (Wildman–Crippen LogP) is 5.12. The average molecular weight is 456 g/mol. The molecule has 0 saturated heterocycles. The molecule has 0 aliphatic carbocycles. The van der Waals surface area contributed by atoms with Crippen LogP contribution in [0, 0.1) is 6.92 Å². The summed E-state index contributed by atoms with van der Waals surface area (Å²) in [7, 11) is 1.58. The first-order valence-electron chi connectivity index (χ1n) is 10.6. The molecule has 1 aliphatic heterocycles. The van der Waals surface area contributed by atoms with Gasteiger partial charge in [0.1, 0.15) is 11.3 Å². The predicted molar refractivity (Wildman–Crippen MR) is 124 cm³/mol. The topological polar surface area (TPSA) is 69.0 Å². The van der Waals surface area contributed by atoms with E-state index in [0.29, 0.717) is 46.9 Å². The quantitative estimate of drug-likeness (QED) is 0.462. The fraction of sp³-hybridized carbons (Fsp3) is 0.360. The molecule has 1 aromatic heterocycles. The Labute approximate surface area is 191 Å². The number of fused-ring (bicyclic) bond motifs is 2. The SMILES string of the molecule is COc1cccc(C2c3c(oc4cc(C)c(Cl)cc4c3=O)C(=O)N2CCCOC(C)C)c1. The Morgan fingerprint density at radius 1 is 1.19 bits per heavy atom. The summed E-state index contributed by atoms with van der Waals surface area (Å²) >= 11 is 6.28. The van der Waals surface area contributed by atoms with E-state index < -0.39 is 6.04 Å². The molecular formula is C25H26ClNO5. The number of carbonyl (C=O) groups excluding carboxylic acids is 1. The lowest BCUT2D eigenvalue weighted by Crippen LogP contribution is -2.31. The molecule has 32 heavy (non-hydrogen) atoms. The molecule has 1 amide bonds. The number of benzene rings is 2. The van der Waals surface area contributed by atoms with E-state index in [1.54, 1.807) is 24.1 Å². The molecule has 0 fully saturated rings. The number of hydrogen-bond acceptors (Lipinski definition) is 5. The summed E-state index contributed by atoms with van der Waals surface area (Å²) in [4.78, 5) is 28.7. The summed E-state index contributed by atoms with van der Waals surface area (Å²) in [6.07, 6.45) is 0.744. The zero-order valence-corrected chi connectivity index (χ0v) is 19.4. The van der Waals surface area contributed by atoms with Gasteiger partial charge in [-0.2, -0.15) is 0 Å². The van der Waals surface area contributed by atoms with E-state index in [4.69, 9.17) is 25.5 Å². The normalized spacial score (nSPS) is 15.6. The van der Waals surface area contributed by atoms with E-state index >= 15 is 0 Å². The molecule has 0 bridgehead atoms. The molecule has 7 heteroatoms. The van der Waals surface area contributed by atoms with E-state index in [2.05, 4.69) is 0 Å². The van der Waals surface area contributed by atoms with Crippen molar-refractivity contribution >= 4 is 28.5 Å². The summed E-state index contributed by atoms with van der Waals surface area (Å²) in [5.74, 6) is 0.432. The standard InChI is InChI=1S/C25H26ClNO5/c1-14(2)31-10-6-9-27-22(16-7-5-8-17(12-16)30-4)21-23(28)18-13-19(26)15(3)11-20(18)32-24(21)25(27)29/h5,7-8,11-14,22H,6,9-10H2,1-4H3. The Kier molecular flexibility index (Phi) is 6.26. The number of amides is 1. The minimum absolute atomic E-state index is 0.0850. The van der Waals surface area contributed by atoms with Crippen LogP contribution in [-0.2, 0) is 4.74 Å². The molecule has 1 atom stereocenters. The molecule has 168 valence electrons. The molecule has 1 aliphatic rings. The van der Waals surface area contributed by atoms with Gasteiger partial charge in [-0.05, 0) is 62.6 Å². The van der Waals surface area contributed by atoms with Crippen LogP contribution in [0.2, 0.25) is 5.02 Å². The third-order valence-corrected chi connectivity index (χ3v) is 6.06.